The maximum atomic E-state index is 4.44. The molecule has 1 fully saturated rings. The van der Waals surface area contributed by atoms with E-state index in [4.69, 9.17) is 0 Å². The van der Waals surface area contributed by atoms with Crippen LogP contribution in [0.2, 0.25) is 0 Å². The van der Waals surface area contributed by atoms with Gasteiger partial charge in [0.1, 0.15) is 6.04 Å². The van der Waals surface area contributed by atoms with E-state index in [1.54, 1.807) is 0 Å². The Morgan fingerprint density at radius 2 is 2.12 bits per heavy atom. The summed E-state index contributed by atoms with van der Waals surface area (Å²) in [6.45, 7) is 4.38. The van der Waals surface area contributed by atoms with Gasteiger partial charge in [-0.3, -0.25) is 0 Å². The van der Waals surface area contributed by atoms with Crippen LogP contribution in [0.3, 0.4) is 0 Å². The monoisotopic (exact) mass is 215 g/mol. The number of nitrogens with one attached hydrogen (secondary N) is 1. The third kappa shape index (κ3) is 1.36. The Morgan fingerprint density at radius 1 is 1.38 bits per heavy atom. The largest absolute Gasteiger partial charge is 0.351 e. The fourth-order valence-electron chi connectivity index (χ4n) is 3.31. The topological polar surface area (TPSA) is 39.7 Å². The minimum atomic E-state index is 0.408. The van der Waals surface area contributed by atoms with E-state index in [0.717, 1.165) is 19.5 Å². The highest BCUT2D eigenvalue weighted by atomic mass is 14.9. The number of hydrogen-bond donors (Lipinski definition) is 2. The number of quaternary nitrogens is 1. The second kappa shape index (κ2) is 3.48. The van der Waals surface area contributed by atoms with E-state index in [9.17, 15) is 0 Å². The van der Waals surface area contributed by atoms with Crippen LogP contribution in [-0.4, -0.2) is 13.1 Å². The van der Waals surface area contributed by atoms with Crippen molar-refractivity contribution in [2.45, 2.75) is 32.2 Å². The fourth-order valence-corrected chi connectivity index (χ4v) is 3.31. The molecule has 1 atom stereocenters. The lowest BCUT2D eigenvalue weighted by Gasteiger charge is -2.35. The maximum Gasteiger partial charge on any atom is 0.117 e. The quantitative estimate of drug-likeness (QED) is 0.660. The smallest absolute Gasteiger partial charge is 0.117 e. The molecule has 1 heterocycles. The first-order valence-corrected chi connectivity index (χ1v) is 6.18. The first-order chi connectivity index (χ1) is 7.71. The van der Waals surface area contributed by atoms with Gasteiger partial charge >= 0.3 is 0 Å². The zero-order valence-corrected chi connectivity index (χ0v) is 9.90. The van der Waals surface area contributed by atoms with Crippen LogP contribution in [0, 0.1) is 24.5 Å². The van der Waals surface area contributed by atoms with E-state index >= 15 is 0 Å². The minimum Gasteiger partial charge on any atom is -0.351 e. The lowest BCUT2D eigenvalue weighted by Crippen LogP contribution is -2.61. The van der Waals surface area contributed by atoms with Crippen molar-refractivity contribution in [2.75, 3.05) is 13.1 Å². The third-order valence-electron chi connectivity index (χ3n) is 4.37. The molecule has 1 saturated heterocycles. The van der Waals surface area contributed by atoms with Crippen LogP contribution in [0.5, 0.6) is 0 Å². The second-order valence-corrected chi connectivity index (χ2v) is 5.35. The lowest BCUT2D eigenvalue weighted by molar-refractivity contribution is -0.453. The van der Waals surface area contributed by atoms with Crippen molar-refractivity contribution in [1.29, 1.82) is 0 Å². The SMILES string of the molecule is Cc1c#cc2c(c1)[C@@H]([NH3+])C1(CCNCC1)C2. The van der Waals surface area contributed by atoms with Gasteiger partial charge in [-0.05, 0) is 50.9 Å². The van der Waals surface area contributed by atoms with E-state index in [-0.39, 0.29) is 0 Å². The Labute approximate surface area is 97.2 Å². The molecule has 3 rings (SSSR count). The molecule has 16 heavy (non-hydrogen) atoms. The highest BCUT2D eigenvalue weighted by Crippen LogP contribution is 2.48. The average Bonchev–Trinajstić information content (AvgIpc) is 2.55. The van der Waals surface area contributed by atoms with E-state index < -0.39 is 0 Å². The molecular formula is C14H19N2+. The van der Waals surface area contributed by atoms with Crippen LogP contribution in [0.25, 0.3) is 0 Å². The van der Waals surface area contributed by atoms with Crippen molar-refractivity contribution < 1.29 is 5.73 Å². The van der Waals surface area contributed by atoms with Gasteiger partial charge in [0, 0.05) is 16.5 Å². The molecule has 0 aromatic heterocycles. The predicted octanol–water partition coefficient (Wildman–Crippen LogP) is 0.804. The number of aryl methyl sites for hydroxylation is 1. The van der Waals surface area contributed by atoms with E-state index in [1.807, 2.05) is 0 Å². The standard InChI is InChI=1S/C14H18N2/c1-10-2-3-11-9-14(4-6-16-7-5-14)13(15)12(11)8-10/h8,13,16H,4-7,9,15H2,1H3/p+1/t13-/m1/s1. The minimum absolute atomic E-state index is 0.408. The van der Waals surface area contributed by atoms with Crippen LogP contribution >= 0.6 is 0 Å². The summed E-state index contributed by atoms with van der Waals surface area (Å²) in [5.74, 6) is 0. The van der Waals surface area contributed by atoms with Gasteiger partial charge in [0.2, 0.25) is 0 Å². The zero-order valence-electron chi connectivity index (χ0n) is 9.90. The molecular weight excluding hydrogens is 196 g/mol. The normalized spacial score (nSPS) is 26.5. The highest BCUT2D eigenvalue weighted by molar-refractivity contribution is 5.36. The predicted molar refractivity (Wildman–Crippen MR) is 62.7 cm³/mol. The molecule has 1 aliphatic heterocycles. The molecule has 0 radical (unpaired) electrons. The summed E-state index contributed by atoms with van der Waals surface area (Å²) in [4.78, 5) is 0. The summed E-state index contributed by atoms with van der Waals surface area (Å²) >= 11 is 0. The number of piperidine rings is 1. The number of hydrogen-bond acceptors (Lipinski definition) is 1. The Kier molecular flexibility index (Phi) is 2.20. The van der Waals surface area contributed by atoms with Gasteiger partial charge in [-0.2, -0.15) is 0 Å². The average molecular weight is 215 g/mol. The van der Waals surface area contributed by atoms with Crippen molar-refractivity contribution in [2.24, 2.45) is 5.41 Å². The molecule has 2 nitrogen and oxygen atoms in total. The molecule has 1 aromatic rings. The van der Waals surface area contributed by atoms with Crippen LogP contribution in [-0.2, 0) is 6.42 Å². The molecule has 0 unspecified atom stereocenters. The Balaban J connectivity index is 1.99. The molecule has 0 saturated carbocycles. The van der Waals surface area contributed by atoms with E-state index in [2.05, 4.69) is 36.2 Å². The Morgan fingerprint density at radius 3 is 2.88 bits per heavy atom. The molecule has 2 heteroatoms. The molecule has 1 aromatic carbocycles. The lowest BCUT2D eigenvalue weighted by atomic mass is 9.73. The van der Waals surface area contributed by atoms with E-state index in [0.29, 0.717) is 11.5 Å². The van der Waals surface area contributed by atoms with Crippen LogP contribution < -0.4 is 11.1 Å². The summed E-state index contributed by atoms with van der Waals surface area (Å²) < 4.78 is 0. The Bertz CT molecular complexity index is 405. The van der Waals surface area contributed by atoms with Gasteiger partial charge in [-0.15, -0.1) is 0 Å². The number of rotatable bonds is 0. The van der Waals surface area contributed by atoms with E-state index in [1.165, 1.54) is 29.5 Å². The van der Waals surface area contributed by atoms with Crippen molar-refractivity contribution in [3.05, 3.63) is 34.9 Å². The Hall–Kier alpha value is -1.04. The van der Waals surface area contributed by atoms with Gasteiger partial charge in [0.05, 0.1) is 0 Å². The first kappa shape index (κ1) is 10.1. The summed E-state index contributed by atoms with van der Waals surface area (Å²) in [6.07, 6.45) is 3.67. The molecule has 0 bridgehead atoms. The maximum absolute atomic E-state index is 4.44. The van der Waals surface area contributed by atoms with Crippen molar-refractivity contribution in [3.8, 4) is 0 Å². The molecule has 2 aliphatic rings. The van der Waals surface area contributed by atoms with Crippen LogP contribution in [0.4, 0.5) is 0 Å². The van der Waals surface area contributed by atoms with Gasteiger partial charge in [-0.1, -0.05) is 12.1 Å². The number of fused-ring (bicyclic) bond motifs is 1. The van der Waals surface area contributed by atoms with Gasteiger partial charge in [-0.25, -0.2) is 0 Å². The molecule has 84 valence electrons. The molecule has 4 N–H and O–H groups in total. The van der Waals surface area contributed by atoms with Crippen molar-refractivity contribution in [3.63, 3.8) is 0 Å². The van der Waals surface area contributed by atoms with Gasteiger partial charge in [0.15, 0.2) is 0 Å². The molecule has 1 spiro atoms. The summed E-state index contributed by atoms with van der Waals surface area (Å²) in [5.41, 5.74) is 8.83. The van der Waals surface area contributed by atoms with Crippen LogP contribution in [0.15, 0.2) is 6.07 Å². The van der Waals surface area contributed by atoms with Gasteiger partial charge in [0.25, 0.3) is 0 Å². The van der Waals surface area contributed by atoms with Crippen molar-refractivity contribution in [1.82, 2.24) is 5.32 Å². The third-order valence-corrected chi connectivity index (χ3v) is 4.37. The summed E-state index contributed by atoms with van der Waals surface area (Å²) in [6, 6.07) is 9.26. The summed E-state index contributed by atoms with van der Waals surface area (Å²) in [7, 11) is 0. The van der Waals surface area contributed by atoms with Gasteiger partial charge < -0.3 is 11.1 Å². The fraction of sp³-hybridized carbons (Fsp3) is 0.571. The molecule has 1 aliphatic carbocycles. The summed E-state index contributed by atoms with van der Waals surface area (Å²) in [5, 5.41) is 3.45. The zero-order chi connectivity index (χ0) is 11.2. The van der Waals surface area contributed by atoms with Crippen LogP contribution in [0.1, 0.15) is 35.6 Å². The highest BCUT2D eigenvalue weighted by Gasteiger charge is 2.47. The first-order valence-electron chi connectivity index (χ1n) is 6.18. The second-order valence-electron chi connectivity index (χ2n) is 5.35. The molecule has 0 amide bonds. The van der Waals surface area contributed by atoms with Crippen molar-refractivity contribution >= 4 is 0 Å².